The highest BCUT2D eigenvalue weighted by Gasteiger charge is 2.09. The molecule has 0 aliphatic rings. The van der Waals surface area contributed by atoms with Crippen molar-refractivity contribution in [1.82, 2.24) is 10.6 Å². The van der Waals surface area contributed by atoms with Crippen LogP contribution < -0.4 is 10.6 Å². The van der Waals surface area contributed by atoms with Gasteiger partial charge in [-0.2, -0.15) is 5.26 Å². The van der Waals surface area contributed by atoms with E-state index in [4.69, 9.17) is 9.68 Å². The molecule has 0 radical (unpaired) electrons. The maximum atomic E-state index is 11.7. The molecule has 7 heteroatoms. The monoisotopic (exact) mass is 277 g/mol. The number of furan rings is 1. The molecule has 20 heavy (non-hydrogen) atoms. The number of hydrogen-bond donors (Lipinski definition) is 2. The van der Waals surface area contributed by atoms with Gasteiger partial charge in [0.15, 0.2) is 0 Å². The summed E-state index contributed by atoms with van der Waals surface area (Å²) in [7, 11) is 1.29. The van der Waals surface area contributed by atoms with Gasteiger partial charge in [0.1, 0.15) is 17.4 Å². The number of esters is 1. The van der Waals surface area contributed by atoms with Gasteiger partial charge < -0.3 is 19.8 Å². The van der Waals surface area contributed by atoms with E-state index in [0.717, 1.165) is 0 Å². The van der Waals surface area contributed by atoms with Gasteiger partial charge in [0.05, 0.1) is 26.3 Å². The summed E-state index contributed by atoms with van der Waals surface area (Å²) in [5, 5.41) is 14.1. The lowest BCUT2D eigenvalue weighted by atomic mass is 10.3. The topological polar surface area (TPSA) is 104 Å². The van der Waals surface area contributed by atoms with Crippen molar-refractivity contribution in [3.63, 3.8) is 0 Å². The van der Waals surface area contributed by atoms with Gasteiger partial charge >= 0.3 is 5.97 Å². The molecule has 0 aliphatic carbocycles. The predicted octanol–water partition coefficient (Wildman–Crippen LogP) is 0.456. The van der Waals surface area contributed by atoms with Crippen LogP contribution in [0, 0.1) is 11.3 Å². The van der Waals surface area contributed by atoms with Crippen LogP contribution in [0.15, 0.2) is 34.6 Å². The third kappa shape index (κ3) is 5.27. The Labute approximate surface area is 116 Å². The Bertz CT molecular complexity index is 514. The summed E-state index contributed by atoms with van der Waals surface area (Å²) in [6, 6.07) is 5.19. The van der Waals surface area contributed by atoms with Gasteiger partial charge in [-0.25, -0.2) is 0 Å². The molecule has 1 heterocycles. The second kappa shape index (κ2) is 8.37. The first-order valence-electron chi connectivity index (χ1n) is 5.88. The molecular formula is C13H15N3O4. The van der Waals surface area contributed by atoms with E-state index in [0.29, 0.717) is 5.76 Å². The van der Waals surface area contributed by atoms with E-state index in [1.807, 2.05) is 0 Å². The lowest BCUT2D eigenvalue weighted by Crippen LogP contribution is -2.25. The van der Waals surface area contributed by atoms with Crippen LogP contribution >= 0.6 is 0 Å². The van der Waals surface area contributed by atoms with Crippen LogP contribution in [0.5, 0.6) is 0 Å². The first kappa shape index (κ1) is 15.3. The maximum absolute atomic E-state index is 11.7. The van der Waals surface area contributed by atoms with Crippen LogP contribution in [0.3, 0.4) is 0 Å². The molecule has 2 N–H and O–H groups in total. The van der Waals surface area contributed by atoms with Gasteiger partial charge in [0.2, 0.25) is 0 Å². The molecule has 0 saturated heterocycles. The maximum Gasteiger partial charge on any atom is 0.307 e. The van der Waals surface area contributed by atoms with Crippen molar-refractivity contribution < 1.29 is 18.7 Å². The van der Waals surface area contributed by atoms with Crippen molar-refractivity contribution in [2.75, 3.05) is 13.7 Å². The van der Waals surface area contributed by atoms with Crippen molar-refractivity contribution in [2.45, 2.75) is 13.0 Å². The third-order valence-electron chi connectivity index (χ3n) is 2.32. The Morgan fingerprint density at radius 3 is 2.95 bits per heavy atom. The fourth-order valence-corrected chi connectivity index (χ4v) is 1.27. The zero-order valence-electron chi connectivity index (χ0n) is 11.0. The number of carbonyl (C=O) groups excluding carboxylic acids is 2. The van der Waals surface area contributed by atoms with Crippen molar-refractivity contribution in [1.29, 1.82) is 5.26 Å². The van der Waals surface area contributed by atoms with Crippen molar-refractivity contribution in [3.8, 4) is 6.07 Å². The quantitative estimate of drug-likeness (QED) is 0.324. The highest BCUT2D eigenvalue weighted by atomic mass is 16.5. The van der Waals surface area contributed by atoms with E-state index >= 15 is 0 Å². The minimum atomic E-state index is -0.519. The summed E-state index contributed by atoms with van der Waals surface area (Å²) < 4.78 is 9.51. The van der Waals surface area contributed by atoms with Crippen molar-refractivity contribution >= 4 is 11.9 Å². The van der Waals surface area contributed by atoms with E-state index in [1.165, 1.54) is 19.6 Å². The smallest absolute Gasteiger partial charge is 0.307 e. The standard InChI is InChI=1S/C13H15N3O4/c1-19-12(17)4-5-15-8-10(7-14)13(18)16-9-11-3-2-6-20-11/h2-3,6,8,15H,4-5,9H2,1H3,(H,16,18)/b10-8-. The first-order chi connectivity index (χ1) is 9.67. The largest absolute Gasteiger partial charge is 0.469 e. The Morgan fingerprint density at radius 1 is 1.55 bits per heavy atom. The van der Waals surface area contributed by atoms with E-state index in [1.54, 1.807) is 18.2 Å². The number of rotatable bonds is 7. The Hall–Kier alpha value is -2.75. The lowest BCUT2D eigenvalue weighted by molar-refractivity contribution is -0.140. The Morgan fingerprint density at radius 2 is 2.35 bits per heavy atom. The summed E-state index contributed by atoms with van der Waals surface area (Å²) in [6.45, 7) is 0.482. The fourth-order valence-electron chi connectivity index (χ4n) is 1.27. The van der Waals surface area contributed by atoms with Crippen molar-refractivity contribution in [3.05, 3.63) is 35.9 Å². The van der Waals surface area contributed by atoms with Crippen LogP contribution in [-0.4, -0.2) is 25.5 Å². The number of amides is 1. The molecule has 0 fully saturated rings. The van der Waals surface area contributed by atoms with Crippen LogP contribution in [-0.2, 0) is 20.9 Å². The molecule has 0 spiro atoms. The molecule has 1 aromatic heterocycles. The molecule has 0 unspecified atom stereocenters. The second-order valence-corrected chi connectivity index (χ2v) is 3.71. The van der Waals surface area contributed by atoms with Crippen molar-refractivity contribution in [2.24, 2.45) is 0 Å². The second-order valence-electron chi connectivity index (χ2n) is 3.71. The summed E-state index contributed by atoms with van der Waals surface area (Å²) in [5.41, 5.74) is -0.0820. The first-order valence-corrected chi connectivity index (χ1v) is 5.88. The number of nitrogens with one attached hydrogen (secondary N) is 2. The van der Waals surface area contributed by atoms with Crippen LogP contribution in [0.25, 0.3) is 0 Å². The molecule has 0 aromatic carbocycles. The highest BCUT2D eigenvalue weighted by Crippen LogP contribution is 1.99. The fraction of sp³-hybridized carbons (Fsp3) is 0.308. The van der Waals surface area contributed by atoms with Crippen LogP contribution in [0.4, 0.5) is 0 Å². The predicted molar refractivity (Wildman–Crippen MR) is 68.9 cm³/mol. The number of methoxy groups -OCH3 is 1. The molecule has 0 atom stereocenters. The molecule has 1 aromatic rings. The summed E-state index contributed by atoms with van der Waals surface area (Å²) in [6.07, 6.45) is 2.91. The number of nitriles is 1. The number of ether oxygens (including phenoxy) is 1. The Balaban J connectivity index is 2.38. The zero-order valence-corrected chi connectivity index (χ0v) is 11.0. The SMILES string of the molecule is COC(=O)CCN/C=C(/C#N)C(=O)NCc1ccco1. The normalized spacial score (nSPS) is 10.5. The Kier molecular flexibility index (Phi) is 6.41. The summed E-state index contributed by atoms with van der Waals surface area (Å²) >= 11 is 0. The molecule has 1 amide bonds. The number of carbonyl (C=O) groups is 2. The molecule has 0 saturated carbocycles. The van der Waals surface area contributed by atoms with E-state index < -0.39 is 5.91 Å². The number of nitrogens with zero attached hydrogens (tertiary/aromatic N) is 1. The average molecular weight is 277 g/mol. The average Bonchev–Trinajstić information content (AvgIpc) is 2.97. The minimum absolute atomic E-state index is 0.0820. The lowest BCUT2D eigenvalue weighted by Gasteiger charge is -2.03. The molecule has 1 rings (SSSR count). The summed E-state index contributed by atoms with van der Waals surface area (Å²) in [4.78, 5) is 22.5. The van der Waals surface area contributed by atoms with Gasteiger partial charge in [0, 0.05) is 12.7 Å². The van der Waals surface area contributed by atoms with Gasteiger partial charge in [-0.1, -0.05) is 0 Å². The summed E-state index contributed by atoms with van der Waals surface area (Å²) in [5.74, 6) is -0.296. The highest BCUT2D eigenvalue weighted by molar-refractivity contribution is 5.97. The van der Waals surface area contributed by atoms with Gasteiger partial charge in [-0.3, -0.25) is 9.59 Å². The third-order valence-corrected chi connectivity index (χ3v) is 2.32. The molecule has 7 nitrogen and oxygen atoms in total. The van der Waals surface area contributed by atoms with Crippen LogP contribution in [0.1, 0.15) is 12.2 Å². The van der Waals surface area contributed by atoms with Crippen LogP contribution in [0.2, 0.25) is 0 Å². The zero-order chi connectivity index (χ0) is 14.8. The van der Waals surface area contributed by atoms with E-state index in [9.17, 15) is 9.59 Å². The van der Waals surface area contributed by atoms with E-state index in [2.05, 4.69) is 15.4 Å². The molecule has 106 valence electrons. The van der Waals surface area contributed by atoms with E-state index in [-0.39, 0.29) is 31.1 Å². The molecule has 0 bridgehead atoms. The van der Waals surface area contributed by atoms with Gasteiger partial charge in [-0.15, -0.1) is 0 Å². The minimum Gasteiger partial charge on any atom is -0.469 e. The molecular weight excluding hydrogens is 262 g/mol. The van der Waals surface area contributed by atoms with Gasteiger partial charge in [0.25, 0.3) is 5.91 Å². The molecule has 0 aliphatic heterocycles. The van der Waals surface area contributed by atoms with Gasteiger partial charge in [-0.05, 0) is 12.1 Å². The number of hydrogen-bond acceptors (Lipinski definition) is 6.